The number of nitrogens with one attached hydrogen (secondary N) is 1. The number of nitrogens with zero attached hydrogens (tertiary/aromatic N) is 1. The summed E-state index contributed by atoms with van der Waals surface area (Å²) in [7, 11) is 0. The molecule has 0 spiro atoms. The molecule has 2 rings (SSSR count). The van der Waals surface area contributed by atoms with E-state index in [0.29, 0.717) is 6.54 Å². The summed E-state index contributed by atoms with van der Waals surface area (Å²) in [5.74, 6) is -0.462. The lowest BCUT2D eigenvalue weighted by Crippen LogP contribution is -2.65. The normalized spacial score (nSPS) is 22.4. The first kappa shape index (κ1) is 18.5. The van der Waals surface area contributed by atoms with Crippen molar-refractivity contribution >= 4 is 11.8 Å². The Morgan fingerprint density at radius 1 is 1.21 bits per heavy atom. The van der Waals surface area contributed by atoms with E-state index in [1.165, 1.54) is 0 Å². The van der Waals surface area contributed by atoms with E-state index in [1.807, 2.05) is 51.1 Å². The second kappa shape index (κ2) is 6.20. The molecule has 1 unspecified atom stereocenters. The van der Waals surface area contributed by atoms with Crippen molar-refractivity contribution in [1.29, 1.82) is 0 Å². The molecule has 5 nitrogen and oxygen atoms in total. The highest BCUT2D eigenvalue weighted by molar-refractivity contribution is 5.90. The Morgan fingerprint density at radius 2 is 1.79 bits per heavy atom. The Labute approximate surface area is 144 Å². The molecular weight excluding hydrogens is 304 g/mol. The van der Waals surface area contributed by atoms with Crippen molar-refractivity contribution < 1.29 is 14.8 Å². The second-order valence-corrected chi connectivity index (χ2v) is 7.88. The molecular formula is C19H28N2O3. The molecule has 0 aromatic heterocycles. The van der Waals surface area contributed by atoms with Crippen LogP contribution in [0.5, 0.6) is 0 Å². The van der Waals surface area contributed by atoms with Gasteiger partial charge in [0.1, 0.15) is 0 Å². The monoisotopic (exact) mass is 332 g/mol. The van der Waals surface area contributed by atoms with Crippen LogP contribution in [0.25, 0.3) is 0 Å². The summed E-state index contributed by atoms with van der Waals surface area (Å²) in [5.41, 5.74) is 0.465. The maximum atomic E-state index is 13.4. The average Bonchev–Trinajstić information content (AvgIpc) is 2.57. The van der Waals surface area contributed by atoms with E-state index in [9.17, 15) is 9.59 Å². The maximum absolute atomic E-state index is 13.4. The van der Waals surface area contributed by atoms with Gasteiger partial charge in [-0.1, -0.05) is 30.3 Å². The number of rotatable bonds is 4. The van der Waals surface area contributed by atoms with E-state index >= 15 is 0 Å². The summed E-state index contributed by atoms with van der Waals surface area (Å²) in [6.07, 6.45) is 1.66. The van der Waals surface area contributed by atoms with Crippen LogP contribution in [0.4, 0.5) is 0 Å². The van der Waals surface area contributed by atoms with E-state index in [-0.39, 0.29) is 5.91 Å². The zero-order valence-corrected chi connectivity index (χ0v) is 15.2. The van der Waals surface area contributed by atoms with E-state index in [2.05, 4.69) is 0 Å². The number of hydrogen-bond acceptors (Lipinski definition) is 3. The van der Waals surface area contributed by atoms with Gasteiger partial charge in [-0.2, -0.15) is 0 Å². The van der Waals surface area contributed by atoms with E-state index in [4.69, 9.17) is 5.21 Å². The Kier molecular flexibility index (Phi) is 4.77. The van der Waals surface area contributed by atoms with Crippen molar-refractivity contribution in [2.45, 2.75) is 58.4 Å². The van der Waals surface area contributed by atoms with Gasteiger partial charge in [0.05, 0.1) is 16.4 Å². The molecule has 1 atom stereocenters. The Morgan fingerprint density at radius 3 is 2.33 bits per heavy atom. The van der Waals surface area contributed by atoms with Crippen molar-refractivity contribution in [3.63, 3.8) is 0 Å². The standard InChI is InChI=1S/C19H28N2O3/c1-17(2,15(22)20-24)18(3,4)21-13-9-12-19(5,16(21)23)14-10-7-6-8-11-14/h6-8,10-11,24H,9,12-13H2,1-5H3,(H,20,22). The van der Waals surface area contributed by atoms with E-state index in [1.54, 1.807) is 24.2 Å². The van der Waals surface area contributed by atoms with Crippen LogP contribution in [0.2, 0.25) is 0 Å². The third-order valence-electron chi connectivity index (χ3n) is 6.06. The molecule has 2 N–H and O–H groups in total. The lowest BCUT2D eigenvalue weighted by Gasteiger charge is -2.52. The van der Waals surface area contributed by atoms with Crippen LogP contribution in [0.15, 0.2) is 30.3 Å². The number of likely N-dealkylation sites (tertiary alicyclic amines) is 1. The molecule has 1 fully saturated rings. The molecule has 1 heterocycles. The topological polar surface area (TPSA) is 69.6 Å². The smallest absolute Gasteiger partial charge is 0.251 e. The SMILES string of the molecule is CC1(c2ccccc2)CCCN(C(C)(C)C(C)(C)C(=O)NO)C1=O. The molecule has 1 aromatic carbocycles. The largest absolute Gasteiger partial charge is 0.336 e. The minimum absolute atomic E-state index is 0.0313. The zero-order valence-electron chi connectivity index (χ0n) is 15.2. The van der Waals surface area contributed by atoms with Gasteiger partial charge in [-0.15, -0.1) is 0 Å². The van der Waals surface area contributed by atoms with Crippen LogP contribution in [-0.2, 0) is 15.0 Å². The fraction of sp³-hybridized carbons (Fsp3) is 0.579. The second-order valence-electron chi connectivity index (χ2n) is 7.88. The summed E-state index contributed by atoms with van der Waals surface area (Å²) < 4.78 is 0. The Hall–Kier alpha value is -1.88. The predicted molar refractivity (Wildman–Crippen MR) is 92.5 cm³/mol. The molecule has 132 valence electrons. The van der Waals surface area contributed by atoms with Gasteiger partial charge in [0.25, 0.3) is 5.91 Å². The molecule has 5 heteroatoms. The van der Waals surface area contributed by atoms with Crippen LogP contribution < -0.4 is 5.48 Å². The van der Waals surface area contributed by atoms with Crippen molar-refractivity contribution in [1.82, 2.24) is 10.4 Å². The first-order valence-electron chi connectivity index (χ1n) is 8.41. The van der Waals surface area contributed by atoms with Gasteiger partial charge in [0, 0.05) is 6.54 Å². The summed E-state index contributed by atoms with van der Waals surface area (Å²) in [6, 6.07) is 9.80. The third-order valence-corrected chi connectivity index (χ3v) is 6.06. The van der Waals surface area contributed by atoms with Gasteiger partial charge in [-0.25, -0.2) is 5.48 Å². The highest BCUT2D eigenvalue weighted by atomic mass is 16.5. The first-order valence-corrected chi connectivity index (χ1v) is 8.41. The summed E-state index contributed by atoms with van der Waals surface area (Å²) in [5, 5.41) is 9.08. The van der Waals surface area contributed by atoms with Crippen molar-refractivity contribution in [3.8, 4) is 0 Å². The van der Waals surface area contributed by atoms with Crippen LogP contribution in [0.1, 0.15) is 53.0 Å². The minimum Gasteiger partial charge on any atom is -0.336 e. The number of amides is 2. The maximum Gasteiger partial charge on any atom is 0.251 e. The molecule has 0 bridgehead atoms. The molecule has 0 aliphatic carbocycles. The van der Waals surface area contributed by atoms with Crippen molar-refractivity contribution in [2.75, 3.05) is 6.54 Å². The number of hydrogen-bond donors (Lipinski definition) is 2. The molecule has 0 radical (unpaired) electrons. The highest BCUT2D eigenvalue weighted by Crippen LogP contribution is 2.43. The molecule has 1 saturated heterocycles. The number of carbonyl (C=O) groups is 2. The van der Waals surface area contributed by atoms with Crippen LogP contribution >= 0.6 is 0 Å². The van der Waals surface area contributed by atoms with Gasteiger partial charge >= 0.3 is 0 Å². The quantitative estimate of drug-likeness (QED) is 0.658. The lowest BCUT2D eigenvalue weighted by atomic mass is 9.68. The molecule has 2 amide bonds. The number of piperidine rings is 1. The average molecular weight is 332 g/mol. The Bertz CT molecular complexity index is 625. The van der Waals surface area contributed by atoms with Crippen molar-refractivity contribution in [3.05, 3.63) is 35.9 Å². The van der Waals surface area contributed by atoms with Gasteiger partial charge in [0.15, 0.2) is 0 Å². The lowest BCUT2D eigenvalue weighted by molar-refractivity contribution is -0.159. The zero-order chi connectivity index (χ0) is 18.2. The summed E-state index contributed by atoms with van der Waals surface area (Å²) in [4.78, 5) is 27.3. The molecule has 24 heavy (non-hydrogen) atoms. The fourth-order valence-corrected chi connectivity index (χ4v) is 3.46. The Balaban J connectivity index is 2.42. The molecule has 1 aliphatic rings. The number of benzene rings is 1. The number of hydroxylamine groups is 1. The van der Waals surface area contributed by atoms with Gasteiger partial charge in [0.2, 0.25) is 5.91 Å². The van der Waals surface area contributed by atoms with Gasteiger partial charge < -0.3 is 4.90 Å². The molecule has 1 aromatic rings. The summed E-state index contributed by atoms with van der Waals surface area (Å²) in [6.45, 7) is 9.86. The minimum atomic E-state index is -0.938. The fourth-order valence-electron chi connectivity index (χ4n) is 3.46. The van der Waals surface area contributed by atoms with E-state index in [0.717, 1.165) is 18.4 Å². The first-order chi connectivity index (χ1) is 11.1. The van der Waals surface area contributed by atoms with Crippen LogP contribution in [0, 0.1) is 5.41 Å². The predicted octanol–water partition coefficient (Wildman–Crippen LogP) is 2.88. The molecule has 1 aliphatic heterocycles. The van der Waals surface area contributed by atoms with E-state index < -0.39 is 22.3 Å². The van der Waals surface area contributed by atoms with Crippen LogP contribution in [-0.4, -0.2) is 34.0 Å². The molecule has 0 saturated carbocycles. The van der Waals surface area contributed by atoms with Crippen molar-refractivity contribution in [2.24, 2.45) is 5.41 Å². The van der Waals surface area contributed by atoms with Crippen LogP contribution in [0.3, 0.4) is 0 Å². The third kappa shape index (κ3) is 2.71. The van der Waals surface area contributed by atoms with Gasteiger partial charge in [-0.3, -0.25) is 14.8 Å². The summed E-state index contributed by atoms with van der Waals surface area (Å²) >= 11 is 0. The highest BCUT2D eigenvalue weighted by Gasteiger charge is 2.53. The number of carbonyl (C=O) groups excluding carboxylic acids is 2. The van der Waals surface area contributed by atoms with Gasteiger partial charge in [-0.05, 0) is 53.0 Å².